The molecule has 6 nitrogen and oxygen atoms in total. The number of fused-ring (bicyclic) bond motifs is 4. The number of nitrogens with zero attached hydrogens (tertiary/aromatic N) is 1. The number of hydrogen-bond acceptors (Lipinski definition) is 3. The summed E-state index contributed by atoms with van der Waals surface area (Å²) in [6, 6.07) is 3.44. The van der Waals surface area contributed by atoms with Crippen molar-refractivity contribution >= 4 is 28.8 Å². The molecule has 6 heteroatoms. The topological polar surface area (TPSA) is 74.4 Å². The molecule has 1 saturated heterocycles. The van der Waals surface area contributed by atoms with E-state index < -0.39 is 6.04 Å². The van der Waals surface area contributed by atoms with Crippen LogP contribution >= 0.6 is 0 Å². The number of nitrogens with one attached hydrogen (secondary N) is 2. The molecule has 3 aliphatic heterocycles. The zero-order valence-electron chi connectivity index (χ0n) is 19.0. The maximum absolute atomic E-state index is 13.2. The summed E-state index contributed by atoms with van der Waals surface area (Å²) in [6.07, 6.45) is 9.03. The van der Waals surface area contributed by atoms with Gasteiger partial charge in [0.25, 0.3) is 5.91 Å². The first-order valence-electron chi connectivity index (χ1n) is 11.1. The monoisotopic (exact) mass is 431 g/mol. The molecule has 1 fully saturated rings. The van der Waals surface area contributed by atoms with E-state index in [1.807, 2.05) is 38.1 Å². The molecule has 0 saturated carbocycles. The fourth-order valence-corrected chi connectivity index (χ4v) is 4.87. The predicted octanol–water partition coefficient (Wildman–Crippen LogP) is 3.97. The number of hydrogen-bond donors (Lipinski definition) is 2. The van der Waals surface area contributed by atoms with Crippen molar-refractivity contribution in [3.05, 3.63) is 59.5 Å². The quantitative estimate of drug-likeness (QED) is 0.720. The average Bonchev–Trinajstić information content (AvgIpc) is 3.37. The second kappa shape index (κ2) is 6.86. The number of carbonyl (C=O) groups excluding carboxylic acids is 2. The number of aromatic amines is 1. The van der Waals surface area contributed by atoms with Crippen LogP contribution in [0.2, 0.25) is 0 Å². The van der Waals surface area contributed by atoms with Gasteiger partial charge in [-0.2, -0.15) is 0 Å². The van der Waals surface area contributed by atoms with Gasteiger partial charge in [-0.05, 0) is 50.1 Å². The van der Waals surface area contributed by atoms with Crippen molar-refractivity contribution in [3.63, 3.8) is 0 Å². The van der Waals surface area contributed by atoms with Crippen molar-refractivity contribution in [2.75, 3.05) is 6.54 Å². The van der Waals surface area contributed by atoms with Gasteiger partial charge in [0.15, 0.2) is 0 Å². The lowest BCUT2D eigenvalue weighted by atomic mass is 9.84. The van der Waals surface area contributed by atoms with Gasteiger partial charge in [0.2, 0.25) is 5.91 Å². The Balaban J connectivity index is 1.63. The SMILES string of the molecule is C=CC(C)(C)c1[nH]c2c3c(ccc2c1CC1NC(=O)C2=CCCN2C1=O)OC(C)(C)C=C3. The van der Waals surface area contributed by atoms with E-state index in [-0.39, 0.29) is 22.8 Å². The molecular formula is C26H29N3O3. The van der Waals surface area contributed by atoms with Crippen LogP contribution in [0.5, 0.6) is 5.75 Å². The molecule has 1 atom stereocenters. The second-order valence-electron chi connectivity index (χ2n) is 9.94. The fourth-order valence-electron chi connectivity index (χ4n) is 4.87. The van der Waals surface area contributed by atoms with Crippen LogP contribution in [0.25, 0.3) is 17.0 Å². The molecule has 3 aliphatic rings. The first kappa shape index (κ1) is 20.6. The van der Waals surface area contributed by atoms with E-state index in [9.17, 15) is 9.59 Å². The standard InChI is InChI=1S/C26H29N3O3/c1-6-25(2,3)22-17(14-18-24(31)29-13-7-8-19(29)23(30)27-18)15-9-10-20-16(21(15)28-22)11-12-26(4,5)32-20/h6,8-12,18,28H,1,7,13-14H2,2-5H3,(H,27,30). The molecule has 1 aromatic carbocycles. The number of benzene rings is 1. The van der Waals surface area contributed by atoms with Crippen LogP contribution in [0.15, 0.2) is 42.6 Å². The van der Waals surface area contributed by atoms with Gasteiger partial charge in [-0.25, -0.2) is 0 Å². The van der Waals surface area contributed by atoms with Gasteiger partial charge >= 0.3 is 0 Å². The van der Waals surface area contributed by atoms with Crippen molar-refractivity contribution in [3.8, 4) is 5.75 Å². The number of piperazine rings is 1. The van der Waals surface area contributed by atoms with E-state index in [4.69, 9.17) is 4.74 Å². The molecule has 166 valence electrons. The summed E-state index contributed by atoms with van der Waals surface area (Å²) in [4.78, 5) is 31.0. The number of carbonyl (C=O) groups is 2. The Morgan fingerprint density at radius 2 is 2.09 bits per heavy atom. The van der Waals surface area contributed by atoms with Gasteiger partial charge in [-0.15, -0.1) is 6.58 Å². The highest BCUT2D eigenvalue weighted by Gasteiger charge is 2.40. The molecule has 1 unspecified atom stereocenters. The van der Waals surface area contributed by atoms with Gasteiger partial charge in [-0.3, -0.25) is 9.59 Å². The zero-order valence-corrected chi connectivity index (χ0v) is 19.0. The number of ether oxygens (including phenoxy) is 1. The van der Waals surface area contributed by atoms with Crippen molar-refractivity contribution in [2.45, 2.75) is 57.6 Å². The van der Waals surface area contributed by atoms with E-state index in [1.165, 1.54) is 0 Å². The summed E-state index contributed by atoms with van der Waals surface area (Å²) in [7, 11) is 0. The summed E-state index contributed by atoms with van der Waals surface area (Å²) in [5.74, 6) is 0.607. The van der Waals surface area contributed by atoms with Crippen LogP contribution in [-0.4, -0.2) is 39.9 Å². The summed E-state index contributed by atoms with van der Waals surface area (Å²) >= 11 is 0. The van der Waals surface area contributed by atoms with Gasteiger partial charge in [0.05, 0.1) is 5.52 Å². The Bertz CT molecular complexity index is 1230. The van der Waals surface area contributed by atoms with Crippen LogP contribution in [0.3, 0.4) is 0 Å². The molecular weight excluding hydrogens is 402 g/mol. The zero-order chi connectivity index (χ0) is 22.8. The summed E-state index contributed by atoms with van der Waals surface area (Å²) in [5, 5.41) is 3.97. The molecule has 5 rings (SSSR count). The van der Waals surface area contributed by atoms with E-state index in [0.29, 0.717) is 18.7 Å². The maximum atomic E-state index is 13.2. The third-order valence-corrected chi connectivity index (χ3v) is 6.75. The van der Waals surface area contributed by atoms with E-state index in [0.717, 1.165) is 39.9 Å². The van der Waals surface area contributed by atoms with Gasteiger partial charge in [-0.1, -0.05) is 26.0 Å². The van der Waals surface area contributed by atoms with Crippen LogP contribution in [-0.2, 0) is 21.4 Å². The molecule has 2 N–H and O–H groups in total. The first-order chi connectivity index (χ1) is 15.1. The highest BCUT2D eigenvalue weighted by Crippen LogP contribution is 2.41. The molecule has 32 heavy (non-hydrogen) atoms. The Morgan fingerprint density at radius 1 is 1.31 bits per heavy atom. The van der Waals surface area contributed by atoms with Gasteiger partial charge in [0.1, 0.15) is 23.1 Å². The lowest BCUT2D eigenvalue weighted by molar-refractivity contribution is -0.139. The minimum absolute atomic E-state index is 0.0482. The molecule has 2 amide bonds. The Labute approximate surface area is 188 Å². The van der Waals surface area contributed by atoms with Crippen LogP contribution in [0.4, 0.5) is 0 Å². The molecule has 1 aromatic heterocycles. The van der Waals surface area contributed by atoms with E-state index >= 15 is 0 Å². The number of allylic oxidation sites excluding steroid dienone is 1. The number of aromatic nitrogens is 1. The summed E-state index contributed by atoms with van der Waals surface area (Å²) < 4.78 is 6.17. The Kier molecular flexibility index (Phi) is 4.42. The number of rotatable bonds is 4. The third-order valence-electron chi connectivity index (χ3n) is 6.75. The van der Waals surface area contributed by atoms with Crippen LogP contribution < -0.4 is 10.1 Å². The van der Waals surface area contributed by atoms with Crippen LogP contribution in [0.1, 0.15) is 50.9 Å². The Hall–Kier alpha value is -3.28. The largest absolute Gasteiger partial charge is 0.483 e. The fraction of sp³-hybridized carbons (Fsp3) is 0.385. The van der Waals surface area contributed by atoms with Crippen molar-refractivity contribution in [2.24, 2.45) is 0 Å². The predicted molar refractivity (Wildman–Crippen MR) is 125 cm³/mol. The van der Waals surface area contributed by atoms with Crippen LogP contribution in [0, 0.1) is 0 Å². The van der Waals surface area contributed by atoms with Gasteiger partial charge < -0.3 is 19.9 Å². The van der Waals surface area contributed by atoms with Gasteiger partial charge in [0, 0.05) is 35.0 Å². The minimum Gasteiger partial charge on any atom is -0.483 e. The summed E-state index contributed by atoms with van der Waals surface area (Å²) in [6.45, 7) is 12.9. The lowest BCUT2D eigenvalue weighted by Gasteiger charge is -2.32. The lowest BCUT2D eigenvalue weighted by Crippen LogP contribution is -2.56. The van der Waals surface area contributed by atoms with Crippen molar-refractivity contribution in [1.29, 1.82) is 0 Å². The normalized spacial score (nSPS) is 21.7. The number of H-pyrrole nitrogens is 1. The summed E-state index contributed by atoms with van der Waals surface area (Å²) in [5.41, 5.74) is 3.77. The van der Waals surface area contributed by atoms with E-state index in [2.05, 4.69) is 42.9 Å². The first-order valence-corrected chi connectivity index (χ1v) is 11.1. The Morgan fingerprint density at radius 3 is 2.84 bits per heavy atom. The van der Waals surface area contributed by atoms with E-state index in [1.54, 1.807) is 4.90 Å². The highest BCUT2D eigenvalue weighted by atomic mass is 16.5. The number of amides is 2. The van der Waals surface area contributed by atoms with Crippen molar-refractivity contribution in [1.82, 2.24) is 15.2 Å². The highest BCUT2D eigenvalue weighted by molar-refractivity contribution is 6.05. The molecule has 0 spiro atoms. The molecule has 0 aliphatic carbocycles. The second-order valence-corrected chi connectivity index (χ2v) is 9.94. The third kappa shape index (κ3) is 3.08. The molecule has 0 radical (unpaired) electrons. The molecule has 0 bridgehead atoms. The maximum Gasteiger partial charge on any atom is 0.268 e. The average molecular weight is 432 g/mol. The van der Waals surface area contributed by atoms with Crippen molar-refractivity contribution < 1.29 is 14.3 Å². The molecule has 2 aromatic rings. The minimum atomic E-state index is -0.599. The smallest absolute Gasteiger partial charge is 0.268 e. The molecule has 4 heterocycles.